The molecule has 0 spiro atoms. The summed E-state index contributed by atoms with van der Waals surface area (Å²) < 4.78 is 5.26. The maximum absolute atomic E-state index is 12.0. The molecule has 7 heteroatoms. The minimum atomic E-state index is -0.306. The maximum Gasteiger partial charge on any atom is 0.323 e. The highest BCUT2D eigenvalue weighted by Crippen LogP contribution is 2.20. The van der Waals surface area contributed by atoms with Crippen LogP contribution in [0.2, 0.25) is 0 Å². The van der Waals surface area contributed by atoms with Crippen molar-refractivity contribution in [3.63, 3.8) is 0 Å². The first-order valence-electron chi connectivity index (χ1n) is 8.55. The number of nitrogens with one attached hydrogen (secondary N) is 2. The van der Waals surface area contributed by atoms with Gasteiger partial charge in [0.05, 0.1) is 0 Å². The van der Waals surface area contributed by atoms with Crippen molar-refractivity contribution in [1.29, 1.82) is 0 Å². The lowest BCUT2D eigenvalue weighted by Gasteiger charge is -2.07. The molecule has 0 aliphatic rings. The molecule has 0 atom stereocenters. The van der Waals surface area contributed by atoms with Crippen molar-refractivity contribution >= 4 is 40.9 Å². The monoisotopic (exact) mass is 388 g/mol. The van der Waals surface area contributed by atoms with E-state index in [1.165, 1.54) is 0 Å². The third kappa shape index (κ3) is 4.52. The molecule has 0 unspecified atom stereocenters. The molecule has 28 heavy (non-hydrogen) atoms. The van der Waals surface area contributed by atoms with E-state index in [9.17, 15) is 4.79 Å². The molecular weight excluding hydrogens is 372 g/mol. The Morgan fingerprint density at radius 2 is 1.64 bits per heavy atom. The molecule has 2 N–H and O–H groups in total. The number of rotatable bonds is 5. The fourth-order valence-corrected chi connectivity index (χ4v) is 3.10. The number of hydrogen-bond donors (Lipinski definition) is 2. The van der Waals surface area contributed by atoms with Gasteiger partial charge in [0.25, 0.3) is 5.89 Å². The Kier molecular flexibility index (Phi) is 5.26. The highest BCUT2D eigenvalue weighted by atomic mass is 32.1. The highest BCUT2D eigenvalue weighted by molar-refractivity contribution is 7.10. The minimum Gasteiger partial charge on any atom is -0.334 e. The molecule has 0 aliphatic heterocycles. The van der Waals surface area contributed by atoms with Crippen molar-refractivity contribution in [3.8, 4) is 11.4 Å². The Balaban J connectivity index is 1.38. The van der Waals surface area contributed by atoms with Gasteiger partial charge < -0.3 is 15.2 Å². The van der Waals surface area contributed by atoms with Crippen molar-refractivity contribution in [1.82, 2.24) is 10.1 Å². The third-order valence-corrected chi connectivity index (χ3v) is 4.65. The molecule has 6 nitrogen and oxygen atoms in total. The molecule has 0 saturated heterocycles. The Labute approximate surface area is 165 Å². The largest absolute Gasteiger partial charge is 0.334 e. The van der Waals surface area contributed by atoms with Gasteiger partial charge in [0.15, 0.2) is 0 Å². The summed E-state index contributed by atoms with van der Waals surface area (Å²) in [5.74, 6) is 0.930. The zero-order valence-electron chi connectivity index (χ0n) is 14.7. The smallest absolute Gasteiger partial charge is 0.323 e. The van der Waals surface area contributed by atoms with Gasteiger partial charge in [-0.15, -0.1) is 11.3 Å². The average molecular weight is 388 g/mol. The number of urea groups is 1. The van der Waals surface area contributed by atoms with Gasteiger partial charge in [-0.2, -0.15) is 4.98 Å². The van der Waals surface area contributed by atoms with E-state index in [0.717, 1.165) is 16.1 Å². The molecule has 4 aromatic rings. The second-order valence-corrected chi connectivity index (χ2v) is 6.81. The Bertz CT molecular complexity index is 1070. The van der Waals surface area contributed by atoms with E-state index in [4.69, 9.17) is 4.52 Å². The summed E-state index contributed by atoms with van der Waals surface area (Å²) in [7, 11) is 0. The quantitative estimate of drug-likeness (QED) is 0.465. The van der Waals surface area contributed by atoms with E-state index in [1.54, 1.807) is 29.5 Å². The van der Waals surface area contributed by atoms with E-state index in [-0.39, 0.29) is 6.03 Å². The van der Waals surface area contributed by atoms with Crippen molar-refractivity contribution in [3.05, 3.63) is 82.9 Å². The van der Waals surface area contributed by atoms with Crippen LogP contribution in [0.3, 0.4) is 0 Å². The standard InChI is InChI=1S/C21H16N4O2S/c26-21(22-16-5-2-1-3-6-16)23-17-10-8-15(9-11-17)20-24-19(27-25-20)13-12-18-7-4-14-28-18/h1-14H,(H2,22,23,26)/b13-12+. The van der Waals surface area contributed by atoms with Gasteiger partial charge in [-0.25, -0.2) is 4.79 Å². The summed E-state index contributed by atoms with van der Waals surface area (Å²) in [6.07, 6.45) is 3.71. The SMILES string of the molecule is O=C(Nc1ccccc1)Nc1ccc(-c2noc(/C=C/c3cccs3)n2)cc1. The minimum absolute atomic E-state index is 0.306. The number of carbonyl (C=O) groups is 1. The molecule has 0 saturated carbocycles. The Morgan fingerprint density at radius 3 is 2.36 bits per heavy atom. The molecule has 2 amide bonds. The second-order valence-electron chi connectivity index (χ2n) is 5.83. The molecule has 138 valence electrons. The van der Waals surface area contributed by atoms with Crippen molar-refractivity contribution in [2.75, 3.05) is 10.6 Å². The third-order valence-electron chi connectivity index (χ3n) is 3.81. The van der Waals surface area contributed by atoms with Crippen molar-refractivity contribution in [2.45, 2.75) is 0 Å². The first-order chi connectivity index (χ1) is 13.8. The van der Waals surface area contributed by atoms with Crippen LogP contribution in [0, 0.1) is 0 Å². The van der Waals surface area contributed by atoms with Crippen molar-refractivity contribution < 1.29 is 9.32 Å². The van der Waals surface area contributed by atoms with Crippen LogP contribution < -0.4 is 10.6 Å². The number of thiophene rings is 1. The van der Waals surface area contributed by atoms with Crippen LogP contribution in [0.5, 0.6) is 0 Å². The number of aromatic nitrogens is 2. The fourth-order valence-electron chi connectivity index (χ4n) is 2.48. The molecule has 2 aromatic heterocycles. The summed E-state index contributed by atoms with van der Waals surface area (Å²) >= 11 is 1.64. The number of para-hydroxylation sites is 1. The molecular formula is C21H16N4O2S. The van der Waals surface area contributed by atoms with Gasteiger partial charge in [0.1, 0.15) is 0 Å². The summed E-state index contributed by atoms with van der Waals surface area (Å²) in [5, 5.41) is 11.6. The molecule has 2 heterocycles. The lowest BCUT2D eigenvalue weighted by molar-refractivity contribution is 0.262. The van der Waals surface area contributed by atoms with E-state index in [0.29, 0.717) is 17.4 Å². The van der Waals surface area contributed by atoms with Gasteiger partial charge in [0, 0.05) is 27.9 Å². The van der Waals surface area contributed by atoms with Crippen molar-refractivity contribution in [2.24, 2.45) is 0 Å². The zero-order chi connectivity index (χ0) is 19.2. The van der Waals surface area contributed by atoms with Crippen LogP contribution in [0.4, 0.5) is 16.2 Å². The predicted octanol–water partition coefficient (Wildman–Crippen LogP) is 5.61. The zero-order valence-corrected chi connectivity index (χ0v) is 15.5. The number of benzene rings is 2. The number of carbonyl (C=O) groups excluding carboxylic acids is 1. The van der Waals surface area contributed by atoms with E-state index in [1.807, 2.05) is 66.1 Å². The first kappa shape index (κ1) is 17.7. The summed E-state index contributed by atoms with van der Waals surface area (Å²) in [6.45, 7) is 0. The van der Waals surface area contributed by atoms with Crippen LogP contribution in [0.1, 0.15) is 10.8 Å². The number of nitrogens with zero attached hydrogens (tertiary/aromatic N) is 2. The number of anilines is 2. The Hall–Kier alpha value is -3.71. The molecule has 2 aromatic carbocycles. The van der Waals surface area contributed by atoms with Gasteiger partial charge >= 0.3 is 6.03 Å². The lowest BCUT2D eigenvalue weighted by Crippen LogP contribution is -2.19. The maximum atomic E-state index is 12.0. The lowest BCUT2D eigenvalue weighted by atomic mass is 10.2. The van der Waals surface area contributed by atoms with E-state index in [2.05, 4.69) is 20.8 Å². The van der Waals surface area contributed by atoms with Gasteiger partial charge in [0.2, 0.25) is 5.82 Å². The molecule has 0 fully saturated rings. The summed E-state index contributed by atoms with van der Waals surface area (Å²) in [6, 6.07) is 20.2. The Morgan fingerprint density at radius 1 is 0.893 bits per heavy atom. The van der Waals surface area contributed by atoms with Crippen LogP contribution in [0.25, 0.3) is 23.5 Å². The normalized spacial score (nSPS) is 10.9. The van der Waals surface area contributed by atoms with E-state index < -0.39 is 0 Å². The molecule has 4 rings (SSSR count). The fraction of sp³-hybridized carbons (Fsp3) is 0. The van der Waals surface area contributed by atoms with Gasteiger partial charge in [-0.05, 0) is 53.9 Å². The average Bonchev–Trinajstić information content (AvgIpc) is 3.40. The summed E-state index contributed by atoms with van der Waals surface area (Å²) in [5.41, 5.74) is 2.19. The van der Waals surface area contributed by atoms with Crippen LogP contribution in [-0.2, 0) is 0 Å². The number of hydrogen-bond acceptors (Lipinski definition) is 5. The summed E-state index contributed by atoms with van der Waals surface area (Å²) in [4.78, 5) is 17.5. The highest BCUT2D eigenvalue weighted by Gasteiger charge is 2.08. The van der Waals surface area contributed by atoms with E-state index >= 15 is 0 Å². The predicted molar refractivity (Wildman–Crippen MR) is 112 cm³/mol. The molecule has 0 radical (unpaired) electrons. The van der Waals surface area contributed by atoms with Gasteiger partial charge in [-0.1, -0.05) is 29.4 Å². The van der Waals surface area contributed by atoms with Crippen LogP contribution >= 0.6 is 11.3 Å². The molecule has 0 aliphatic carbocycles. The second kappa shape index (κ2) is 8.32. The first-order valence-corrected chi connectivity index (χ1v) is 9.43. The van der Waals surface area contributed by atoms with Gasteiger partial charge in [-0.3, -0.25) is 0 Å². The topological polar surface area (TPSA) is 80.0 Å². The number of amides is 2. The van der Waals surface area contributed by atoms with Crippen LogP contribution in [0.15, 0.2) is 76.6 Å². The molecule has 0 bridgehead atoms. The van der Waals surface area contributed by atoms with Crippen LogP contribution in [-0.4, -0.2) is 16.2 Å².